The summed E-state index contributed by atoms with van der Waals surface area (Å²) in [6, 6.07) is 3.21. The Morgan fingerprint density at radius 1 is 1.47 bits per heavy atom. The molecule has 2 aromatic heterocycles. The van der Waals surface area contributed by atoms with Crippen LogP contribution in [0.4, 0.5) is 0 Å². The van der Waals surface area contributed by atoms with Crippen molar-refractivity contribution in [1.29, 1.82) is 0 Å². The molecular formula is C12H11N3O3S. The van der Waals surface area contributed by atoms with Gasteiger partial charge in [-0.25, -0.2) is 9.78 Å². The van der Waals surface area contributed by atoms with E-state index in [1.807, 2.05) is 0 Å². The molecule has 0 aromatic carbocycles. The molecular weight excluding hydrogens is 266 g/mol. The maximum atomic E-state index is 10.7. The van der Waals surface area contributed by atoms with E-state index in [-0.39, 0.29) is 5.56 Å². The molecule has 0 bridgehead atoms. The van der Waals surface area contributed by atoms with Gasteiger partial charge in [0.1, 0.15) is 0 Å². The molecule has 0 aliphatic heterocycles. The number of thioether (sulfide) groups is 1. The molecule has 0 radical (unpaired) electrons. The van der Waals surface area contributed by atoms with Gasteiger partial charge in [0.25, 0.3) is 0 Å². The number of hydrogen-bond donors (Lipinski definition) is 1. The number of aromatic carboxylic acids is 1. The van der Waals surface area contributed by atoms with Crippen LogP contribution >= 0.6 is 11.8 Å². The van der Waals surface area contributed by atoms with Crippen molar-refractivity contribution in [1.82, 2.24) is 15.1 Å². The predicted molar refractivity (Wildman–Crippen MR) is 67.0 cm³/mol. The average Bonchev–Trinajstić information content (AvgIpc) is 3.16. The molecule has 1 aliphatic carbocycles. The SMILES string of the molecule is O=C(O)c1ccc(SCc2noc(C3CC3)n2)nc1. The van der Waals surface area contributed by atoms with Crippen LogP contribution in [-0.2, 0) is 5.75 Å². The lowest BCUT2D eigenvalue weighted by molar-refractivity contribution is 0.0696. The summed E-state index contributed by atoms with van der Waals surface area (Å²) in [5, 5.41) is 13.4. The summed E-state index contributed by atoms with van der Waals surface area (Å²) in [5.74, 6) is 1.42. The second-order valence-corrected chi connectivity index (χ2v) is 5.30. The summed E-state index contributed by atoms with van der Waals surface area (Å²) in [4.78, 5) is 19.1. The highest BCUT2D eigenvalue weighted by molar-refractivity contribution is 7.98. The summed E-state index contributed by atoms with van der Waals surface area (Å²) in [7, 11) is 0. The van der Waals surface area contributed by atoms with Crippen LogP contribution in [0.25, 0.3) is 0 Å². The van der Waals surface area contributed by atoms with Gasteiger partial charge in [-0.3, -0.25) is 0 Å². The lowest BCUT2D eigenvalue weighted by Crippen LogP contribution is -1.96. The molecule has 1 saturated carbocycles. The first-order valence-corrected chi connectivity index (χ1v) is 6.85. The first kappa shape index (κ1) is 12.2. The fourth-order valence-corrected chi connectivity index (χ4v) is 2.24. The standard InChI is InChI=1S/C12H11N3O3S/c16-12(17)8-3-4-10(13-5-8)19-6-9-14-11(18-15-9)7-1-2-7/h3-5,7H,1-2,6H2,(H,16,17). The minimum Gasteiger partial charge on any atom is -0.478 e. The van der Waals surface area contributed by atoms with E-state index in [1.54, 1.807) is 6.07 Å². The van der Waals surface area contributed by atoms with E-state index in [9.17, 15) is 4.79 Å². The molecule has 1 aliphatic rings. The third-order valence-electron chi connectivity index (χ3n) is 2.74. The van der Waals surface area contributed by atoms with E-state index >= 15 is 0 Å². The predicted octanol–water partition coefficient (Wildman–Crippen LogP) is 2.33. The Kier molecular flexibility index (Phi) is 3.20. The molecule has 7 heteroatoms. The van der Waals surface area contributed by atoms with Crippen molar-refractivity contribution in [2.45, 2.75) is 29.5 Å². The number of carboxylic acid groups (broad SMARTS) is 1. The van der Waals surface area contributed by atoms with Crippen LogP contribution in [0.1, 0.15) is 40.8 Å². The van der Waals surface area contributed by atoms with Crippen molar-refractivity contribution in [3.05, 3.63) is 35.6 Å². The molecule has 6 nitrogen and oxygen atoms in total. The number of nitrogens with zero attached hydrogens (tertiary/aromatic N) is 3. The van der Waals surface area contributed by atoms with Crippen LogP contribution in [0.3, 0.4) is 0 Å². The average molecular weight is 277 g/mol. The molecule has 0 spiro atoms. The Balaban J connectivity index is 1.59. The van der Waals surface area contributed by atoms with Gasteiger partial charge in [0.15, 0.2) is 5.82 Å². The Hall–Kier alpha value is -1.89. The molecule has 0 atom stereocenters. The van der Waals surface area contributed by atoms with Crippen LogP contribution < -0.4 is 0 Å². The Labute approximate surface area is 113 Å². The van der Waals surface area contributed by atoms with Crippen LogP contribution in [0.15, 0.2) is 27.9 Å². The van der Waals surface area contributed by atoms with Gasteiger partial charge in [-0.05, 0) is 25.0 Å². The fraction of sp³-hybridized carbons (Fsp3) is 0.333. The molecule has 0 saturated heterocycles. The molecule has 0 unspecified atom stereocenters. The fourth-order valence-electron chi connectivity index (χ4n) is 1.55. The quantitative estimate of drug-likeness (QED) is 0.839. The van der Waals surface area contributed by atoms with Crippen molar-refractivity contribution in [3.8, 4) is 0 Å². The van der Waals surface area contributed by atoms with E-state index in [1.165, 1.54) is 24.0 Å². The Bertz CT molecular complexity index is 593. The number of carboxylic acids is 1. The topological polar surface area (TPSA) is 89.1 Å². The van der Waals surface area contributed by atoms with Crippen molar-refractivity contribution in [3.63, 3.8) is 0 Å². The van der Waals surface area contributed by atoms with Gasteiger partial charge in [-0.2, -0.15) is 4.98 Å². The zero-order valence-corrected chi connectivity index (χ0v) is 10.8. The third-order valence-corrected chi connectivity index (χ3v) is 3.68. The van der Waals surface area contributed by atoms with Crippen molar-refractivity contribution < 1.29 is 14.4 Å². The van der Waals surface area contributed by atoms with E-state index < -0.39 is 5.97 Å². The highest BCUT2D eigenvalue weighted by Crippen LogP contribution is 2.39. The summed E-state index contributed by atoms with van der Waals surface area (Å²) in [6.45, 7) is 0. The number of hydrogen-bond acceptors (Lipinski definition) is 6. The second-order valence-electron chi connectivity index (χ2n) is 4.30. The summed E-state index contributed by atoms with van der Waals surface area (Å²) >= 11 is 1.45. The highest BCUT2D eigenvalue weighted by atomic mass is 32.2. The van der Waals surface area contributed by atoms with Crippen molar-refractivity contribution >= 4 is 17.7 Å². The minimum atomic E-state index is -0.976. The van der Waals surface area contributed by atoms with E-state index in [4.69, 9.17) is 9.63 Å². The molecule has 98 valence electrons. The van der Waals surface area contributed by atoms with Gasteiger partial charge < -0.3 is 9.63 Å². The first-order chi connectivity index (χ1) is 9.22. The summed E-state index contributed by atoms with van der Waals surface area (Å²) < 4.78 is 5.15. The summed E-state index contributed by atoms with van der Waals surface area (Å²) in [5.41, 5.74) is 0.180. The van der Waals surface area contributed by atoms with E-state index in [2.05, 4.69) is 15.1 Å². The van der Waals surface area contributed by atoms with Gasteiger partial charge in [0.2, 0.25) is 5.89 Å². The second kappa shape index (κ2) is 5.00. The lowest BCUT2D eigenvalue weighted by Gasteiger charge is -1.98. The zero-order valence-electron chi connectivity index (χ0n) is 9.94. The third kappa shape index (κ3) is 2.93. The van der Waals surface area contributed by atoms with Gasteiger partial charge in [-0.15, -0.1) is 0 Å². The Morgan fingerprint density at radius 3 is 2.95 bits per heavy atom. The lowest BCUT2D eigenvalue weighted by atomic mass is 10.3. The molecule has 1 fully saturated rings. The van der Waals surface area contributed by atoms with E-state index in [0.717, 1.165) is 23.8 Å². The normalized spacial score (nSPS) is 14.5. The van der Waals surface area contributed by atoms with Crippen molar-refractivity contribution in [2.24, 2.45) is 0 Å². The minimum absolute atomic E-state index is 0.180. The van der Waals surface area contributed by atoms with Crippen LogP contribution in [0.5, 0.6) is 0 Å². The first-order valence-electron chi connectivity index (χ1n) is 5.87. The van der Waals surface area contributed by atoms with Gasteiger partial charge in [0.05, 0.1) is 16.3 Å². The van der Waals surface area contributed by atoms with Gasteiger partial charge >= 0.3 is 5.97 Å². The monoisotopic (exact) mass is 277 g/mol. The highest BCUT2D eigenvalue weighted by Gasteiger charge is 2.29. The molecule has 3 rings (SSSR count). The number of carbonyl (C=O) groups is 1. The Morgan fingerprint density at radius 2 is 2.32 bits per heavy atom. The maximum absolute atomic E-state index is 10.7. The van der Waals surface area contributed by atoms with Crippen molar-refractivity contribution in [2.75, 3.05) is 0 Å². The molecule has 2 aromatic rings. The van der Waals surface area contributed by atoms with Gasteiger partial charge in [-0.1, -0.05) is 16.9 Å². The zero-order chi connectivity index (χ0) is 13.2. The summed E-state index contributed by atoms with van der Waals surface area (Å²) in [6.07, 6.45) is 3.61. The smallest absolute Gasteiger partial charge is 0.337 e. The number of pyridine rings is 1. The van der Waals surface area contributed by atoms with Gasteiger partial charge in [0, 0.05) is 12.1 Å². The molecule has 19 heavy (non-hydrogen) atoms. The van der Waals surface area contributed by atoms with E-state index in [0.29, 0.717) is 17.5 Å². The largest absolute Gasteiger partial charge is 0.478 e. The van der Waals surface area contributed by atoms with Crippen LogP contribution in [0, 0.1) is 0 Å². The molecule has 2 heterocycles. The number of rotatable bonds is 5. The molecule has 1 N–H and O–H groups in total. The number of aromatic nitrogens is 3. The molecule has 0 amide bonds. The van der Waals surface area contributed by atoms with Crippen LogP contribution in [-0.4, -0.2) is 26.2 Å². The van der Waals surface area contributed by atoms with Crippen LogP contribution in [0.2, 0.25) is 0 Å². The maximum Gasteiger partial charge on any atom is 0.337 e.